The number of carbonyl (C=O) groups is 2. The van der Waals surface area contributed by atoms with E-state index in [1.165, 1.54) is 0 Å². The number of hydrogen-bond acceptors (Lipinski definition) is 3. The minimum Gasteiger partial charge on any atom is -0.345 e. The zero-order valence-corrected chi connectivity index (χ0v) is 16.9. The number of aryl methyl sites for hydroxylation is 2. The summed E-state index contributed by atoms with van der Waals surface area (Å²) in [4.78, 5) is 24.4. The van der Waals surface area contributed by atoms with E-state index in [0.717, 1.165) is 36.3 Å². The van der Waals surface area contributed by atoms with Crippen molar-refractivity contribution in [1.82, 2.24) is 15.1 Å². The molecule has 0 aliphatic heterocycles. The van der Waals surface area contributed by atoms with E-state index in [1.807, 2.05) is 25.5 Å². The number of unbranched alkanes of at least 4 members (excludes halogenated alkanes) is 1. The van der Waals surface area contributed by atoms with Gasteiger partial charge in [-0.25, -0.2) is 0 Å². The summed E-state index contributed by atoms with van der Waals surface area (Å²) in [6, 6.07) is 6.84. The molecule has 1 unspecified atom stereocenters. The van der Waals surface area contributed by atoms with Crippen LogP contribution >= 0.6 is 0 Å². The van der Waals surface area contributed by atoms with Gasteiger partial charge in [-0.3, -0.25) is 14.3 Å². The zero-order chi connectivity index (χ0) is 20.0. The molecule has 6 heteroatoms. The van der Waals surface area contributed by atoms with Crippen LogP contribution in [0.4, 0.5) is 5.69 Å². The molecule has 0 bridgehead atoms. The van der Waals surface area contributed by atoms with Crippen LogP contribution in [0.5, 0.6) is 0 Å². The first-order chi connectivity index (χ1) is 12.9. The Labute approximate surface area is 161 Å². The van der Waals surface area contributed by atoms with Crippen molar-refractivity contribution in [3.8, 4) is 0 Å². The zero-order valence-electron chi connectivity index (χ0n) is 16.9. The highest BCUT2D eigenvalue weighted by Gasteiger charge is 2.19. The lowest BCUT2D eigenvalue weighted by Crippen LogP contribution is -2.27. The first-order valence-corrected chi connectivity index (χ1v) is 9.62. The SMILES string of the molecule is CCCCC(=O)Nc1ccc(C(=O)NC(C)c2c(C)nn(CC)c2C)cc1. The molecule has 2 amide bonds. The maximum atomic E-state index is 12.6. The van der Waals surface area contributed by atoms with E-state index in [1.54, 1.807) is 24.3 Å². The van der Waals surface area contributed by atoms with Gasteiger partial charge in [0.05, 0.1) is 11.7 Å². The summed E-state index contributed by atoms with van der Waals surface area (Å²) >= 11 is 0. The molecule has 0 radical (unpaired) electrons. The van der Waals surface area contributed by atoms with Crippen molar-refractivity contribution in [2.75, 3.05) is 5.32 Å². The van der Waals surface area contributed by atoms with Crippen molar-refractivity contribution >= 4 is 17.5 Å². The number of nitrogens with one attached hydrogen (secondary N) is 2. The van der Waals surface area contributed by atoms with Gasteiger partial charge in [0, 0.05) is 35.5 Å². The second-order valence-corrected chi connectivity index (χ2v) is 6.82. The molecule has 1 heterocycles. The lowest BCUT2D eigenvalue weighted by atomic mass is 10.1. The molecule has 6 nitrogen and oxygen atoms in total. The van der Waals surface area contributed by atoms with Gasteiger partial charge in [-0.05, 0) is 58.4 Å². The van der Waals surface area contributed by atoms with Crippen molar-refractivity contribution in [1.29, 1.82) is 0 Å². The molecule has 0 spiro atoms. The van der Waals surface area contributed by atoms with Crippen molar-refractivity contribution in [2.24, 2.45) is 0 Å². The number of benzene rings is 1. The molecule has 1 aromatic heterocycles. The largest absolute Gasteiger partial charge is 0.345 e. The molecular weight excluding hydrogens is 340 g/mol. The molecule has 2 rings (SSSR count). The molecule has 0 saturated heterocycles. The lowest BCUT2D eigenvalue weighted by Gasteiger charge is -2.15. The summed E-state index contributed by atoms with van der Waals surface area (Å²) < 4.78 is 1.95. The number of amides is 2. The Balaban J connectivity index is 2.01. The topological polar surface area (TPSA) is 76.0 Å². The first-order valence-electron chi connectivity index (χ1n) is 9.62. The fraction of sp³-hybridized carbons (Fsp3) is 0.476. The van der Waals surface area contributed by atoms with E-state index in [-0.39, 0.29) is 17.9 Å². The fourth-order valence-corrected chi connectivity index (χ4v) is 3.26. The normalized spacial score (nSPS) is 11.9. The summed E-state index contributed by atoms with van der Waals surface area (Å²) in [6.45, 7) is 10.9. The Bertz CT molecular complexity index is 793. The molecular formula is C21H30N4O2. The summed E-state index contributed by atoms with van der Waals surface area (Å²) in [5.74, 6) is -0.143. The van der Waals surface area contributed by atoms with Crippen LogP contribution in [0.2, 0.25) is 0 Å². The Morgan fingerprint density at radius 3 is 2.37 bits per heavy atom. The summed E-state index contributed by atoms with van der Waals surface area (Å²) in [5, 5.41) is 10.4. The van der Waals surface area contributed by atoms with Gasteiger partial charge in [0.1, 0.15) is 0 Å². The van der Waals surface area contributed by atoms with Gasteiger partial charge in [0.2, 0.25) is 5.91 Å². The monoisotopic (exact) mass is 370 g/mol. The third-order valence-corrected chi connectivity index (χ3v) is 4.71. The minimum atomic E-state index is -0.144. The van der Waals surface area contributed by atoms with Gasteiger partial charge in [-0.1, -0.05) is 13.3 Å². The lowest BCUT2D eigenvalue weighted by molar-refractivity contribution is -0.116. The number of hydrogen-bond donors (Lipinski definition) is 2. The van der Waals surface area contributed by atoms with Crippen LogP contribution in [-0.2, 0) is 11.3 Å². The minimum absolute atomic E-state index is 0.00144. The smallest absolute Gasteiger partial charge is 0.251 e. The molecule has 0 aliphatic carbocycles. The highest BCUT2D eigenvalue weighted by atomic mass is 16.2. The Kier molecular flexibility index (Phi) is 7.16. The molecule has 0 fully saturated rings. The van der Waals surface area contributed by atoms with Crippen LogP contribution in [0.3, 0.4) is 0 Å². The van der Waals surface area contributed by atoms with Crippen LogP contribution in [0.1, 0.15) is 73.4 Å². The Morgan fingerprint density at radius 2 is 1.81 bits per heavy atom. The van der Waals surface area contributed by atoms with Crippen LogP contribution in [0.25, 0.3) is 0 Å². The molecule has 27 heavy (non-hydrogen) atoms. The van der Waals surface area contributed by atoms with Crippen molar-refractivity contribution in [3.05, 3.63) is 46.8 Å². The second kappa shape index (κ2) is 9.35. The van der Waals surface area contributed by atoms with E-state index in [2.05, 4.69) is 29.6 Å². The molecule has 1 aromatic carbocycles. The first kappa shape index (κ1) is 20.7. The van der Waals surface area contributed by atoms with Gasteiger partial charge >= 0.3 is 0 Å². The van der Waals surface area contributed by atoms with Crippen LogP contribution in [-0.4, -0.2) is 21.6 Å². The van der Waals surface area contributed by atoms with Crippen LogP contribution in [0, 0.1) is 13.8 Å². The predicted octanol–water partition coefficient (Wildman–Crippen LogP) is 4.14. The maximum absolute atomic E-state index is 12.6. The standard InChI is InChI=1S/C21H30N4O2/c1-6-8-9-19(26)23-18-12-10-17(11-13-18)21(27)22-14(3)20-15(4)24-25(7-2)16(20)5/h10-14H,6-9H2,1-5H3,(H,22,27)(H,23,26). The number of carbonyl (C=O) groups excluding carboxylic acids is 2. The quantitative estimate of drug-likeness (QED) is 0.733. The number of nitrogens with zero attached hydrogens (tertiary/aromatic N) is 2. The van der Waals surface area contributed by atoms with Gasteiger partial charge in [0.15, 0.2) is 0 Å². The third kappa shape index (κ3) is 5.18. The predicted molar refractivity (Wildman–Crippen MR) is 108 cm³/mol. The van der Waals surface area contributed by atoms with E-state index in [4.69, 9.17) is 0 Å². The highest BCUT2D eigenvalue weighted by molar-refractivity contribution is 5.96. The van der Waals surface area contributed by atoms with Crippen LogP contribution in [0.15, 0.2) is 24.3 Å². The van der Waals surface area contributed by atoms with Gasteiger partial charge in [-0.15, -0.1) is 0 Å². The molecule has 146 valence electrons. The highest BCUT2D eigenvalue weighted by Crippen LogP contribution is 2.22. The molecule has 2 aromatic rings. The van der Waals surface area contributed by atoms with E-state index in [9.17, 15) is 9.59 Å². The Hall–Kier alpha value is -2.63. The Morgan fingerprint density at radius 1 is 1.15 bits per heavy atom. The molecule has 1 atom stereocenters. The van der Waals surface area contributed by atoms with Gasteiger partial charge in [-0.2, -0.15) is 5.10 Å². The molecule has 0 saturated carbocycles. The van der Waals surface area contributed by atoms with Crippen molar-refractivity contribution < 1.29 is 9.59 Å². The van der Waals surface area contributed by atoms with E-state index in [0.29, 0.717) is 17.7 Å². The summed E-state index contributed by atoms with van der Waals surface area (Å²) in [6.07, 6.45) is 2.37. The molecule has 0 aliphatic rings. The average Bonchev–Trinajstić information content (AvgIpc) is 2.94. The summed E-state index contributed by atoms with van der Waals surface area (Å²) in [5.41, 5.74) is 4.34. The van der Waals surface area contributed by atoms with Gasteiger partial charge < -0.3 is 10.6 Å². The number of rotatable bonds is 8. The fourth-order valence-electron chi connectivity index (χ4n) is 3.26. The molecule has 2 N–H and O–H groups in total. The van der Waals surface area contributed by atoms with Crippen molar-refractivity contribution in [3.63, 3.8) is 0 Å². The van der Waals surface area contributed by atoms with Crippen LogP contribution < -0.4 is 10.6 Å². The number of anilines is 1. The third-order valence-electron chi connectivity index (χ3n) is 4.71. The second-order valence-electron chi connectivity index (χ2n) is 6.82. The van der Waals surface area contributed by atoms with Gasteiger partial charge in [0.25, 0.3) is 5.91 Å². The summed E-state index contributed by atoms with van der Waals surface area (Å²) in [7, 11) is 0. The van der Waals surface area contributed by atoms with Crippen molar-refractivity contribution in [2.45, 2.75) is 66.5 Å². The number of aromatic nitrogens is 2. The van der Waals surface area contributed by atoms with E-state index < -0.39 is 0 Å². The maximum Gasteiger partial charge on any atom is 0.251 e. The van der Waals surface area contributed by atoms with E-state index >= 15 is 0 Å². The average molecular weight is 370 g/mol.